The maximum absolute atomic E-state index is 11.3. The van der Waals surface area contributed by atoms with Gasteiger partial charge in [0.15, 0.2) is 0 Å². The van der Waals surface area contributed by atoms with E-state index in [4.69, 9.17) is 0 Å². The molecule has 0 fully saturated rings. The van der Waals surface area contributed by atoms with Crippen molar-refractivity contribution >= 4 is 22.6 Å². The molecule has 1 aromatic carbocycles. The van der Waals surface area contributed by atoms with E-state index in [0.717, 1.165) is 10.9 Å². The maximum atomic E-state index is 11.3. The van der Waals surface area contributed by atoms with Gasteiger partial charge in [-0.15, -0.1) is 0 Å². The number of pyridine rings is 2. The highest BCUT2D eigenvalue weighted by molar-refractivity contribution is 6.06. The zero-order chi connectivity index (χ0) is 14.7. The van der Waals surface area contributed by atoms with E-state index in [1.807, 2.05) is 18.2 Å². The van der Waals surface area contributed by atoms with E-state index in [9.17, 15) is 9.90 Å². The van der Waals surface area contributed by atoms with Gasteiger partial charge < -0.3 is 10.4 Å². The Morgan fingerprint density at radius 2 is 1.86 bits per heavy atom. The number of aromatic carboxylic acids is 1. The van der Waals surface area contributed by atoms with Crippen molar-refractivity contribution in [1.82, 2.24) is 9.97 Å². The third-order valence-corrected chi connectivity index (χ3v) is 3.25. The Balaban J connectivity index is 1.96. The van der Waals surface area contributed by atoms with Crippen LogP contribution in [0.5, 0.6) is 0 Å². The van der Waals surface area contributed by atoms with Gasteiger partial charge in [0.05, 0.1) is 5.56 Å². The third-order valence-electron chi connectivity index (χ3n) is 3.25. The number of nitrogens with zero attached hydrogens (tertiary/aromatic N) is 2. The first-order chi connectivity index (χ1) is 10.3. The van der Waals surface area contributed by atoms with Crippen LogP contribution in [0.1, 0.15) is 15.9 Å². The van der Waals surface area contributed by atoms with Crippen LogP contribution in [0.2, 0.25) is 0 Å². The minimum absolute atomic E-state index is 0.280. The van der Waals surface area contributed by atoms with Gasteiger partial charge in [0.2, 0.25) is 0 Å². The predicted molar refractivity (Wildman–Crippen MR) is 80.3 cm³/mol. The van der Waals surface area contributed by atoms with Crippen LogP contribution in [0.25, 0.3) is 10.8 Å². The van der Waals surface area contributed by atoms with Crippen LogP contribution < -0.4 is 5.32 Å². The number of carboxylic acid groups (broad SMARTS) is 1. The molecule has 5 heteroatoms. The van der Waals surface area contributed by atoms with E-state index >= 15 is 0 Å². The van der Waals surface area contributed by atoms with Gasteiger partial charge in [-0.2, -0.15) is 0 Å². The summed E-state index contributed by atoms with van der Waals surface area (Å²) < 4.78 is 0. The molecule has 0 aliphatic rings. The zero-order valence-electron chi connectivity index (χ0n) is 11.2. The number of benzene rings is 1. The van der Waals surface area contributed by atoms with Crippen molar-refractivity contribution in [3.8, 4) is 0 Å². The molecule has 0 atom stereocenters. The first kappa shape index (κ1) is 13.1. The molecule has 0 amide bonds. The molecule has 0 spiro atoms. The van der Waals surface area contributed by atoms with E-state index in [-0.39, 0.29) is 5.56 Å². The van der Waals surface area contributed by atoms with Crippen LogP contribution in [0, 0.1) is 0 Å². The molecule has 2 N–H and O–H groups in total. The molecule has 0 aliphatic carbocycles. The lowest BCUT2D eigenvalue weighted by Gasteiger charge is -2.10. The number of fused-ring (bicyclic) bond motifs is 1. The number of rotatable bonds is 4. The number of carbonyl (C=O) groups is 1. The normalized spacial score (nSPS) is 10.5. The number of nitrogens with one attached hydrogen (secondary N) is 1. The average Bonchev–Trinajstić information content (AvgIpc) is 2.53. The standard InChI is InChI=1S/C16H13N3O2/c20-16(21)14-3-1-2-13-12(14)6-9-18-15(13)19-10-11-4-7-17-8-5-11/h1-9H,10H2,(H,18,19)(H,20,21). The Labute approximate surface area is 121 Å². The van der Waals surface area contributed by atoms with Gasteiger partial charge in [0.25, 0.3) is 0 Å². The predicted octanol–water partition coefficient (Wildman–Crippen LogP) is 2.94. The van der Waals surface area contributed by atoms with Gasteiger partial charge >= 0.3 is 5.97 Å². The van der Waals surface area contributed by atoms with Gasteiger partial charge in [0.1, 0.15) is 5.82 Å². The SMILES string of the molecule is O=C(O)c1cccc2c(NCc3ccncc3)nccc12. The second-order valence-electron chi connectivity index (χ2n) is 4.57. The number of carboxylic acids is 1. The Kier molecular flexibility index (Phi) is 3.47. The summed E-state index contributed by atoms with van der Waals surface area (Å²) >= 11 is 0. The molecule has 2 aromatic heterocycles. The summed E-state index contributed by atoms with van der Waals surface area (Å²) in [6.07, 6.45) is 5.08. The molecule has 0 bridgehead atoms. The van der Waals surface area contributed by atoms with Crippen LogP contribution in [0.15, 0.2) is 55.0 Å². The zero-order valence-corrected chi connectivity index (χ0v) is 11.2. The van der Waals surface area contributed by atoms with E-state index in [2.05, 4.69) is 15.3 Å². The van der Waals surface area contributed by atoms with Crippen LogP contribution in [-0.2, 0) is 6.54 Å². The number of hydrogen-bond donors (Lipinski definition) is 2. The molecule has 0 saturated carbocycles. The molecule has 0 unspecified atom stereocenters. The van der Waals surface area contributed by atoms with E-state index in [1.165, 1.54) is 0 Å². The molecule has 0 radical (unpaired) electrons. The highest BCUT2D eigenvalue weighted by Gasteiger charge is 2.10. The average molecular weight is 279 g/mol. The molecular formula is C16H13N3O2. The highest BCUT2D eigenvalue weighted by Crippen LogP contribution is 2.24. The Morgan fingerprint density at radius 1 is 1.05 bits per heavy atom. The summed E-state index contributed by atoms with van der Waals surface area (Å²) in [5, 5.41) is 13.9. The monoisotopic (exact) mass is 279 g/mol. The molecular weight excluding hydrogens is 266 g/mol. The van der Waals surface area contributed by atoms with Crippen molar-refractivity contribution in [1.29, 1.82) is 0 Å². The molecule has 3 aromatic rings. The van der Waals surface area contributed by atoms with Crippen LogP contribution >= 0.6 is 0 Å². The van der Waals surface area contributed by atoms with Gasteiger partial charge in [-0.1, -0.05) is 12.1 Å². The van der Waals surface area contributed by atoms with E-state index in [1.54, 1.807) is 36.8 Å². The van der Waals surface area contributed by atoms with Crippen molar-refractivity contribution in [3.05, 3.63) is 66.1 Å². The summed E-state index contributed by atoms with van der Waals surface area (Å²) in [5.41, 5.74) is 1.36. The van der Waals surface area contributed by atoms with Gasteiger partial charge in [0, 0.05) is 35.9 Å². The van der Waals surface area contributed by atoms with Crippen molar-refractivity contribution in [3.63, 3.8) is 0 Å². The molecule has 0 saturated heterocycles. The minimum atomic E-state index is -0.938. The Morgan fingerprint density at radius 3 is 2.62 bits per heavy atom. The molecule has 2 heterocycles. The lowest BCUT2D eigenvalue weighted by Crippen LogP contribution is -2.03. The largest absolute Gasteiger partial charge is 0.478 e. The topological polar surface area (TPSA) is 75.1 Å². The van der Waals surface area contributed by atoms with Crippen LogP contribution in [-0.4, -0.2) is 21.0 Å². The quantitative estimate of drug-likeness (QED) is 0.768. The second kappa shape index (κ2) is 5.58. The van der Waals surface area contributed by atoms with Crippen LogP contribution in [0.3, 0.4) is 0 Å². The fraction of sp³-hybridized carbons (Fsp3) is 0.0625. The minimum Gasteiger partial charge on any atom is -0.478 e. The van der Waals surface area contributed by atoms with Crippen LogP contribution in [0.4, 0.5) is 5.82 Å². The van der Waals surface area contributed by atoms with Gasteiger partial charge in [-0.25, -0.2) is 9.78 Å². The number of hydrogen-bond acceptors (Lipinski definition) is 4. The first-order valence-corrected chi connectivity index (χ1v) is 6.49. The Hall–Kier alpha value is -2.95. The van der Waals surface area contributed by atoms with Gasteiger partial charge in [-0.3, -0.25) is 4.98 Å². The number of anilines is 1. The second-order valence-corrected chi connectivity index (χ2v) is 4.57. The fourth-order valence-electron chi connectivity index (χ4n) is 2.22. The Bertz CT molecular complexity index is 788. The fourth-order valence-corrected chi connectivity index (χ4v) is 2.22. The smallest absolute Gasteiger partial charge is 0.336 e. The molecule has 21 heavy (non-hydrogen) atoms. The molecule has 5 nitrogen and oxygen atoms in total. The van der Waals surface area contributed by atoms with Gasteiger partial charge in [-0.05, 0) is 29.8 Å². The number of aromatic nitrogens is 2. The molecule has 3 rings (SSSR count). The summed E-state index contributed by atoms with van der Waals surface area (Å²) in [7, 11) is 0. The summed E-state index contributed by atoms with van der Waals surface area (Å²) in [4.78, 5) is 19.5. The maximum Gasteiger partial charge on any atom is 0.336 e. The summed E-state index contributed by atoms with van der Waals surface area (Å²) in [6, 6.07) is 10.7. The first-order valence-electron chi connectivity index (χ1n) is 6.49. The van der Waals surface area contributed by atoms with E-state index in [0.29, 0.717) is 17.7 Å². The van der Waals surface area contributed by atoms with Crippen molar-refractivity contribution in [2.45, 2.75) is 6.54 Å². The van der Waals surface area contributed by atoms with Crippen molar-refractivity contribution < 1.29 is 9.90 Å². The lowest BCUT2D eigenvalue weighted by atomic mass is 10.1. The summed E-state index contributed by atoms with van der Waals surface area (Å²) in [5.74, 6) is -0.265. The highest BCUT2D eigenvalue weighted by atomic mass is 16.4. The lowest BCUT2D eigenvalue weighted by molar-refractivity contribution is 0.0699. The molecule has 0 aliphatic heterocycles. The molecule has 104 valence electrons. The van der Waals surface area contributed by atoms with Crippen molar-refractivity contribution in [2.75, 3.05) is 5.32 Å². The van der Waals surface area contributed by atoms with Crippen molar-refractivity contribution in [2.24, 2.45) is 0 Å². The third kappa shape index (κ3) is 2.67. The summed E-state index contributed by atoms with van der Waals surface area (Å²) in [6.45, 7) is 0.603. The van der Waals surface area contributed by atoms with E-state index < -0.39 is 5.97 Å².